The molecule has 21 heavy (non-hydrogen) atoms. The van der Waals surface area contributed by atoms with Crippen molar-refractivity contribution in [2.75, 3.05) is 6.61 Å². The van der Waals surface area contributed by atoms with E-state index >= 15 is 0 Å². The number of fused-ring (bicyclic) bond motifs is 1. The van der Waals surface area contributed by atoms with Crippen molar-refractivity contribution in [3.63, 3.8) is 0 Å². The number of hydrogen-bond acceptors (Lipinski definition) is 2. The second-order valence-electron chi connectivity index (χ2n) is 6.24. The fourth-order valence-corrected chi connectivity index (χ4v) is 4.15. The molecule has 1 heterocycles. The van der Waals surface area contributed by atoms with Gasteiger partial charge in [0.1, 0.15) is 5.75 Å². The number of hydrogen-bond donors (Lipinski definition) is 0. The molecule has 1 aliphatic carbocycles. The third-order valence-corrected chi connectivity index (χ3v) is 5.34. The zero-order chi connectivity index (χ0) is 14.8. The second kappa shape index (κ2) is 6.39. The number of likely N-dealkylation sites (tertiary alicyclic amines) is 1. The topological polar surface area (TPSA) is 29.5 Å². The van der Waals surface area contributed by atoms with Gasteiger partial charge in [-0.05, 0) is 56.4 Å². The van der Waals surface area contributed by atoms with E-state index < -0.39 is 0 Å². The maximum Gasteiger partial charge on any atom is 0.261 e. The first-order valence-corrected chi connectivity index (χ1v) is 8.64. The number of amides is 1. The lowest BCUT2D eigenvalue weighted by atomic mass is 9.85. The van der Waals surface area contributed by atoms with Crippen molar-refractivity contribution in [3.8, 4) is 5.75 Å². The second-order valence-corrected chi connectivity index (χ2v) is 7.16. The molecule has 2 fully saturated rings. The Morgan fingerprint density at radius 1 is 1.29 bits per heavy atom. The fraction of sp³-hybridized carbons (Fsp3) is 0.588. The minimum absolute atomic E-state index is 0.139. The fourth-order valence-electron chi connectivity index (χ4n) is 3.89. The van der Waals surface area contributed by atoms with Gasteiger partial charge in [-0.1, -0.05) is 28.8 Å². The lowest BCUT2D eigenvalue weighted by molar-refractivity contribution is -0.136. The first-order chi connectivity index (χ1) is 10.1. The normalized spacial score (nSPS) is 28.3. The summed E-state index contributed by atoms with van der Waals surface area (Å²) in [6.07, 6.45) is 6.19. The summed E-state index contributed by atoms with van der Waals surface area (Å²) >= 11 is 3.39. The minimum Gasteiger partial charge on any atom is -0.484 e. The molecule has 0 N–H and O–H groups in total. The van der Waals surface area contributed by atoms with Gasteiger partial charge in [-0.2, -0.15) is 0 Å². The maximum absolute atomic E-state index is 12.5. The van der Waals surface area contributed by atoms with Gasteiger partial charge < -0.3 is 9.64 Å². The molecular formula is C17H22BrNO2. The van der Waals surface area contributed by atoms with Crippen LogP contribution < -0.4 is 4.74 Å². The Labute approximate surface area is 134 Å². The molecule has 3 rings (SSSR count). The van der Waals surface area contributed by atoms with Crippen molar-refractivity contribution in [2.45, 2.75) is 51.1 Å². The summed E-state index contributed by atoms with van der Waals surface area (Å²) in [7, 11) is 0. The molecule has 0 radical (unpaired) electrons. The summed E-state index contributed by atoms with van der Waals surface area (Å²) in [5.74, 6) is 1.60. The summed E-state index contributed by atoms with van der Waals surface area (Å²) < 4.78 is 6.66. The molecule has 3 unspecified atom stereocenters. The molecule has 0 bridgehead atoms. The van der Waals surface area contributed by atoms with Gasteiger partial charge in [0.25, 0.3) is 5.91 Å². The van der Waals surface area contributed by atoms with E-state index in [0.29, 0.717) is 18.0 Å². The number of carbonyl (C=O) groups is 1. The first kappa shape index (κ1) is 14.9. The quantitative estimate of drug-likeness (QED) is 0.823. The molecule has 1 amide bonds. The van der Waals surface area contributed by atoms with Crippen LogP contribution in [-0.4, -0.2) is 29.5 Å². The van der Waals surface area contributed by atoms with E-state index in [-0.39, 0.29) is 12.5 Å². The van der Waals surface area contributed by atoms with Crippen LogP contribution in [0.25, 0.3) is 0 Å². The standard InChI is InChI=1S/C17H22BrNO2/c1-12-10-13-4-2-3-5-16(13)19(12)17(20)11-21-15-8-6-14(18)7-9-15/h6-9,12-13,16H,2-5,10-11H2,1H3. The molecule has 1 saturated heterocycles. The molecule has 1 aromatic rings. The molecular weight excluding hydrogens is 330 g/mol. The summed E-state index contributed by atoms with van der Waals surface area (Å²) in [5.41, 5.74) is 0. The van der Waals surface area contributed by atoms with E-state index in [2.05, 4.69) is 27.8 Å². The Morgan fingerprint density at radius 2 is 2.00 bits per heavy atom. The molecule has 0 spiro atoms. The third-order valence-electron chi connectivity index (χ3n) is 4.81. The Bertz CT molecular complexity index is 502. The highest BCUT2D eigenvalue weighted by Crippen LogP contribution is 2.39. The highest BCUT2D eigenvalue weighted by Gasteiger charge is 2.42. The van der Waals surface area contributed by atoms with Crippen molar-refractivity contribution >= 4 is 21.8 Å². The van der Waals surface area contributed by atoms with E-state index in [1.807, 2.05) is 24.3 Å². The van der Waals surface area contributed by atoms with E-state index in [4.69, 9.17) is 4.74 Å². The summed E-state index contributed by atoms with van der Waals surface area (Å²) in [4.78, 5) is 14.6. The highest BCUT2D eigenvalue weighted by atomic mass is 79.9. The van der Waals surface area contributed by atoms with Crippen LogP contribution in [0.5, 0.6) is 5.75 Å². The molecule has 3 atom stereocenters. The molecule has 2 aliphatic rings. The number of nitrogens with zero attached hydrogens (tertiary/aromatic N) is 1. The van der Waals surface area contributed by atoms with Crippen LogP contribution in [0.3, 0.4) is 0 Å². The predicted octanol–water partition coefficient (Wildman–Crippen LogP) is 4.01. The Balaban J connectivity index is 1.60. The summed E-state index contributed by atoms with van der Waals surface area (Å²) in [5, 5.41) is 0. The van der Waals surface area contributed by atoms with Crippen LogP contribution in [0.4, 0.5) is 0 Å². The molecule has 114 valence electrons. The largest absolute Gasteiger partial charge is 0.484 e. The average molecular weight is 352 g/mol. The number of carbonyl (C=O) groups excluding carboxylic acids is 1. The van der Waals surface area contributed by atoms with Crippen LogP contribution in [0.2, 0.25) is 0 Å². The zero-order valence-electron chi connectivity index (χ0n) is 12.4. The van der Waals surface area contributed by atoms with Gasteiger partial charge in [-0.15, -0.1) is 0 Å². The SMILES string of the molecule is CC1CC2CCCCC2N1C(=O)COc1ccc(Br)cc1. The molecule has 1 aliphatic heterocycles. The highest BCUT2D eigenvalue weighted by molar-refractivity contribution is 9.10. The monoisotopic (exact) mass is 351 g/mol. The Kier molecular flexibility index (Phi) is 4.53. The third kappa shape index (κ3) is 3.25. The van der Waals surface area contributed by atoms with Gasteiger partial charge in [-0.25, -0.2) is 0 Å². The number of ether oxygens (including phenoxy) is 1. The van der Waals surface area contributed by atoms with Crippen molar-refractivity contribution < 1.29 is 9.53 Å². The summed E-state index contributed by atoms with van der Waals surface area (Å²) in [6, 6.07) is 8.43. The summed E-state index contributed by atoms with van der Waals surface area (Å²) in [6.45, 7) is 2.32. The van der Waals surface area contributed by atoms with E-state index in [9.17, 15) is 4.79 Å². The van der Waals surface area contributed by atoms with Gasteiger partial charge in [0.15, 0.2) is 6.61 Å². The van der Waals surface area contributed by atoms with Crippen molar-refractivity contribution in [3.05, 3.63) is 28.7 Å². The minimum atomic E-state index is 0.139. The van der Waals surface area contributed by atoms with Crippen molar-refractivity contribution in [1.82, 2.24) is 4.90 Å². The van der Waals surface area contributed by atoms with Gasteiger partial charge >= 0.3 is 0 Å². The van der Waals surface area contributed by atoms with Crippen LogP contribution in [0.15, 0.2) is 28.7 Å². The average Bonchev–Trinajstić information content (AvgIpc) is 2.82. The number of benzene rings is 1. The Hall–Kier alpha value is -1.03. The maximum atomic E-state index is 12.5. The van der Waals surface area contributed by atoms with Gasteiger partial charge in [0, 0.05) is 16.6 Å². The van der Waals surface area contributed by atoms with E-state index in [1.165, 1.54) is 25.7 Å². The lowest BCUT2D eigenvalue weighted by Gasteiger charge is -2.33. The van der Waals surface area contributed by atoms with Crippen LogP contribution >= 0.6 is 15.9 Å². The smallest absolute Gasteiger partial charge is 0.261 e. The van der Waals surface area contributed by atoms with Gasteiger partial charge in [0.05, 0.1) is 0 Å². The first-order valence-electron chi connectivity index (χ1n) is 7.84. The van der Waals surface area contributed by atoms with Crippen LogP contribution in [0, 0.1) is 5.92 Å². The van der Waals surface area contributed by atoms with Crippen molar-refractivity contribution in [2.24, 2.45) is 5.92 Å². The number of halogens is 1. The number of rotatable bonds is 3. The van der Waals surface area contributed by atoms with Gasteiger partial charge in [-0.3, -0.25) is 4.79 Å². The predicted molar refractivity (Wildman–Crippen MR) is 86.3 cm³/mol. The zero-order valence-corrected chi connectivity index (χ0v) is 14.0. The molecule has 3 nitrogen and oxygen atoms in total. The van der Waals surface area contributed by atoms with Crippen molar-refractivity contribution in [1.29, 1.82) is 0 Å². The molecule has 1 aromatic carbocycles. The van der Waals surface area contributed by atoms with E-state index in [1.54, 1.807) is 0 Å². The van der Waals surface area contributed by atoms with Crippen LogP contribution in [0.1, 0.15) is 39.0 Å². The van der Waals surface area contributed by atoms with Crippen LogP contribution in [-0.2, 0) is 4.79 Å². The molecule has 0 aromatic heterocycles. The molecule has 1 saturated carbocycles. The molecule has 4 heteroatoms. The lowest BCUT2D eigenvalue weighted by Crippen LogP contribution is -2.44. The Morgan fingerprint density at radius 3 is 2.76 bits per heavy atom. The van der Waals surface area contributed by atoms with Gasteiger partial charge in [0.2, 0.25) is 0 Å². The van der Waals surface area contributed by atoms with E-state index in [0.717, 1.165) is 16.6 Å².